The van der Waals surface area contributed by atoms with Gasteiger partial charge in [0.05, 0.1) is 32.4 Å². The van der Waals surface area contributed by atoms with Crippen molar-refractivity contribution in [2.75, 3.05) is 14.2 Å². The Morgan fingerprint density at radius 1 is 1.00 bits per heavy atom. The van der Waals surface area contributed by atoms with Crippen LogP contribution in [0.4, 0.5) is 0 Å². The van der Waals surface area contributed by atoms with Crippen molar-refractivity contribution in [3.05, 3.63) is 71.3 Å². The number of carbonyl (C=O) groups is 1. The Labute approximate surface area is 185 Å². The molecule has 2 atom stereocenters. The highest BCUT2D eigenvalue weighted by atomic mass is 79.9. The molecule has 0 unspecified atom stereocenters. The number of fused-ring (bicyclic) bond motifs is 1. The van der Waals surface area contributed by atoms with Crippen LogP contribution in [0.2, 0.25) is 0 Å². The van der Waals surface area contributed by atoms with Gasteiger partial charge < -0.3 is 9.47 Å². The number of allylic oxidation sites excluding steroid dienone is 2. The van der Waals surface area contributed by atoms with E-state index in [0.29, 0.717) is 18.0 Å². The SMILES string of the molecule is COc1ccc(C2=NN(Cc3ccccc3CBr)C(=O)[C@@H]3CC=CC[C@H]23)cc1OC. The number of methoxy groups -OCH3 is 2. The van der Waals surface area contributed by atoms with Gasteiger partial charge in [-0.15, -0.1) is 0 Å². The standard InChI is InChI=1S/C24H25BrN2O3/c1-29-21-12-11-16(13-22(21)30-2)23-19-9-5-6-10-20(19)24(28)27(26-23)15-18-8-4-3-7-17(18)14-25/h3-8,11-13,19-20H,9-10,14-15H2,1-2H3/t19-,20+/m0/s1. The number of alkyl halides is 1. The number of ether oxygens (including phenoxy) is 2. The minimum absolute atomic E-state index is 0.0725. The maximum absolute atomic E-state index is 13.3. The van der Waals surface area contributed by atoms with Crippen LogP contribution in [0.3, 0.4) is 0 Å². The van der Waals surface area contributed by atoms with Crippen molar-refractivity contribution < 1.29 is 14.3 Å². The lowest BCUT2D eigenvalue weighted by molar-refractivity contribution is -0.138. The summed E-state index contributed by atoms with van der Waals surface area (Å²) in [6.45, 7) is 0.463. The third-order valence-corrected chi connectivity index (χ3v) is 6.45. The van der Waals surface area contributed by atoms with Crippen LogP contribution in [0.15, 0.2) is 59.7 Å². The van der Waals surface area contributed by atoms with E-state index in [9.17, 15) is 4.79 Å². The number of amides is 1. The Hall–Kier alpha value is -2.60. The summed E-state index contributed by atoms with van der Waals surface area (Å²) in [7, 11) is 3.25. The summed E-state index contributed by atoms with van der Waals surface area (Å²) in [5.74, 6) is 1.42. The fourth-order valence-corrected chi connectivity index (χ4v) is 4.77. The van der Waals surface area contributed by atoms with Gasteiger partial charge in [0.2, 0.25) is 5.91 Å². The van der Waals surface area contributed by atoms with Crippen LogP contribution in [0.5, 0.6) is 11.5 Å². The number of hydrogen-bond acceptors (Lipinski definition) is 4. The van der Waals surface area contributed by atoms with Gasteiger partial charge in [-0.3, -0.25) is 4.79 Å². The fraction of sp³-hybridized carbons (Fsp3) is 0.333. The third-order valence-electron chi connectivity index (χ3n) is 5.85. The lowest BCUT2D eigenvalue weighted by Gasteiger charge is -2.37. The van der Waals surface area contributed by atoms with Crippen molar-refractivity contribution in [3.63, 3.8) is 0 Å². The van der Waals surface area contributed by atoms with Crippen LogP contribution in [-0.2, 0) is 16.7 Å². The molecular formula is C24H25BrN2O3. The molecule has 0 saturated heterocycles. The van der Waals surface area contributed by atoms with Gasteiger partial charge in [-0.2, -0.15) is 5.10 Å². The molecule has 0 spiro atoms. The number of halogens is 1. The molecule has 5 nitrogen and oxygen atoms in total. The zero-order valence-corrected chi connectivity index (χ0v) is 18.8. The topological polar surface area (TPSA) is 51.1 Å². The molecule has 1 heterocycles. The largest absolute Gasteiger partial charge is 0.493 e. The predicted octanol–water partition coefficient (Wildman–Crippen LogP) is 4.93. The molecule has 2 aromatic rings. The summed E-state index contributed by atoms with van der Waals surface area (Å²) in [5.41, 5.74) is 4.16. The van der Waals surface area contributed by atoms with Gasteiger partial charge in [-0.1, -0.05) is 52.3 Å². The summed E-state index contributed by atoms with van der Waals surface area (Å²) in [6.07, 6.45) is 5.82. The summed E-state index contributed by atoms with van der Waals surface area (Å²) in [5, 5.41) is 7.26. The highest BCUT2D eigenvalue weighted by molar-refractivity contribution is 9.08. The highest BCUT2D eigenvalue weighted by Gasteiger charge is 2.40. The Balaban J connectivity index is 1.75. The first-order valence-corrected chi connectivity index (χ1v) is 11.2. The molecule has 2 aliphatic rings. The molecule has 0 N–H and O–H groups in total. The fourth-order valence-electron chi connectivity index (χ4n) is 4.22. The monoisotopic (exact) mass is 468 g/mol. The quantitative estimate of drug-likeness (QED) is 0.446. The van der Waals surface area contributed by atoms with Crippen molar-refractivity contribution in [2.45, 2.75) is 24.7 Å². The zero-order chi connectivity index (χ0) is 21.1. The average Bonchev–Trinajstić information content (AvgIpc) is 2.80. The van der Waals surface area contributed by atoms with E-state index < -0.39 is 0 Å². The Morgan fingerprint density at radius 3 is 2.40 bits per heavy atom. The number of nitrogens with zero attached hydrogens (tertiary/aromatic N) is 2. The molecule has 4 rings (SSSR count). The number of carbonyl (C=O) groups excluding carboxylic acids is 1. The van der Waals surface area contributed by atoms with Crippen molar-refractivity contribution in [3.8, 4) is 11.5 Å². The van der Waals surface area contributed by atoms with Crippen LogP contribution in [0, 0.1) is 11.8 Å². The molecule has 0 bridgehead atoms. The average molecular weight is 469 g/mol. The molecular weight excluding hydrogens is 444 g/mol. The highest BCUT2D eigenvalue weighted by Crippen LogP contribution is 2.37. The van der Waals surface area contributed by atoms with E-state index in [2.05, 4.69) is 40.2 Å². The van der Waals surface area contributed by atoms with Crippen molar-refractivity contribution in [1.29, 1.82) is 0 Å². The first-order valence-electron chi connectivity index (χ1n) is 10.1. The second-order valence-electron chi connectivity index (χ2n) is 7.51. The first kappa shape index (κ1) is 20.7. The molecule has 1 amide bonds. The van der Waals surface area contributed by atoms with Gasteiger partial charge in [-0.25, -0.2) is 5.01 Å². The van der Waals surface area contributed by atoms with Crippen LogP contribution >= 0.6 is 15.9 Å². The molecule has 2 aromatic carbocycles. The summed E-state index contributed by atoms with van der Waals surface area (Å²) >= 11 is 3.55. The number of benzene rings is 2. The van der Waals surface area contributed by atoms with Crippen molar-refractivity contribution in [2.24, 2.45) is 16.9 Å². The maximum atomic E-state index is 13.3. The molecule has 1 aliphatic heterocycles. The second kappa shape index (κ2) is 9.04. The van der Waals surface area contributed by atoms with Crippen LogP contribution < -0.4 is 9.47 Å². The van der Waals surface area contributed by atoms with Gasteiger partial charge in [0.1, 0.15) is 0 Å². The molecule has 1 aliphatic carbocycles. The molecule has 6 heteroatoms. The van der Waals surface area contributed by atoms with Gasteiger partial charge in [0.25, 0.3) is 0 Å². The Bertz CT molecular complexity index is 1000. The minimum atomic E-state index is -0.0910. The molecule has 0 fully saturated rings. The van der Waals surface area contributed by atoms with E-state index in [-0.39, 0.29) is 17.7 Å². The number of hydrogen-bond donors (Lipinski definition) is 0. The maximum Gasteiger partial charge on any atom is 0.247 e. The lowest BCUT2D eigenvalue weighted by atomic mass is 9.76. The molecule has 0 radical (unpaired) electrons. The summed E-state index contributed by atoms with van der Waals surface area (Å²) in [4.78, 5) is 13.3. The lowest BCUT2D eigenvalue weighted by Crippen LogP contribution is -2.45. The number of hydrazone groups is 1. The molecule has 156 valence electrons. The number of rotatable bonds is 6. The minimum Gasteiger partial charge on any atom is -0.493 e. The normalized spacial score (nSPS) is 20.6. The van der Waals surface area contributed by atoms with Crippen LogP contribution in [0.25, 0.3) is 0 Å². The van der Waals surface area contributed by atoms with E-state index in [4.69, 9.17) is 14.6 Å². The van der Waals surface area contributed by atoms with Crippen molar-refractivity contribution in [1.82, 2.24) is 5.01 Å². The zero-order valence-electron chi connectivity index (χ0n) is 17.2. The van der Waals surface area contributed by atoms with E-state index in [1.54, 1.807) is 19.2 Å². The van der Waals surface area contributed by atoms with E-state index in [1.165, 1.54) is 5.56 Å². The predicted molar refractivity (Wildman–Crippen MR) is 121 cm³/mol. The van der Waals surface area contributed by atoms with Crippen LogP contribution in [0.1, 0.15) is 29.5 Å². The van der Waals surface area contributed by atoms with E-state index in [1.807, 2.05) is 30.3 Å². The Morgan fingerprint density at radius 2 is 1.70 bits per heavy atom. The molecule has 30 heavy (non-hydrogen) atoms. The van der Waals surface area contributed by atoms with E-state index >= 15 is 0 Å². The second-order valence-corrected chi connectivity index (χ2v) is 8.07. The van der Waals surface area contributed by atoms with Gasteiger partial charge in [-0.05, 0) is 42.2 Å². The van der Waals surface area contributed by atoms with E-state index in [0.717, 1.165) is 35.0 Å². The van der Waals surface area contributed by atoms with Gasteiger partial charge in [0.15, 0.2) is 11.5 Å². The third kappa shape index (κ3) is 3.88. The molecule has 0 aromatic heterocycles. The van der Waals surface area contributed by atoms with Gasteiger partial charge in [0, 0.05) is 16.8 Å². The van der Waals surface area contributed by atoms with Gasteiger partial charge >= 0.3 is 0 Å². The smallest absolute Gasteiger partial charge is 0.247 e. The summed E-state index contributed by atoms with van der Waals surface area (Å²) < 4.78 is 10.9. The van der Waals surface area contributed by atoms with Crippen LogP contribution in [-0.4, -0.2) is 30.8 Å². The summed E-state index contributed by atoms with van der Waals surface area (Å²) in [6, 6.07) is 14.0. The van der Waals surface area contributed by atoms with Crippen molar-refractivity contribution >= 4 is 27.5 Å². The molecule has 0 saturated carbocycles. The Kier molecular flexibility index (Phi) is 6.23. The first-order chi connectivity index (χ1) is 14.7.